The molecule has 0 spiro atoms. The number of carbonyl (C=O) groups is 1. The molecule has 1 N–H and O–H groups in total. The third kappa shape index (κ3) is 4.23. The summed E-state index contributed by atoms with van der Waals surface area (Å²) in [6.45, 7) is 5.01. The fraction of sp³-hybridized carbons (Fsp3) is 0.278. The number of ether oxygens (including phenoxy) is 1. The Morgan fingerprint density at radius 3 is 2.77 bits per heavy atom. The number of halogens is 1. The predicted molar refractivity (Wildman–Crippen MR) is 96.1 cm³/mol. The lowest BCUT2D eigenvalue weighted by Crippen LogP contribution is -2.25. The van der Waals surface area contributed by atoms with Gasteiger partial charge in [-0.05, 0) is 44.2 Å². The van der Waals surface area contributed by atoms with Gasteiger partial charge in [0.25, 0.3) is 5.91 Å². The van der Waals surface area contributed by atoms with Gasteiger partial charge in [-0.15, -0.1) is 0 Å². The van der Waals surface area contributed by atoms with Crippen molar-refractivity contribution in [3.05, 3.63) is 64.3 Å². The van der Waals surface area contributed by atoms with E-state index in [1.54, 1.807) is 35.9 Å². The number of nitrogens with one attached hydrogen (secondary N) is 1. The van der Waals surface area contributed by atoms with Gasteiger partial charge < -0.3 is 14.6 Å². The molecule has 26 heavy (non-hydrogen) atoms. The van der Waals surface area contributed by atoms with Gasteiger partial charge in [-0.3, -0.25) is 9.48 Å². The molecule has 8 heteroatoms. The van der Waals surface area contributed by atoms with Crippen LogP contribution in [-0.2, 0) is 19.7 Å². The van der Waals surface area contributed by atoms with Gasteiger partial charge in [-0.2, -0.15) is 5.10 Å². The molecule has 2 heterocycles. The summed E-state index contributed by atoms with van der Waals surface area (Å²) in [4.78, 5) is 12.4. The van der Waals surface area contributed by atoms with Crippen LogP contribution < -0.4 is 10.1 Å². The number of aromatic nitrogens is 3. The molecule has 0 aliphatic rings. The fourth-order valence-corrected chi connectivity index (χ4v) is 2.48. The van der Waals surface area contributed by atoms with Crippen molar-refractivity contribution in [2.75, 3.05) is 0 Å². The Labute approximate surface area is 155 Å². The Balaban J connectivity index is 1.64. The van der Waals surface area contributed by atoms with Gasteiger partial charge in [-0.25, -0.2) is 0 Å². The van der Waals surface area contributed by atoms with E-state index in [0.717, 1.165) is 12.2 Å². The Bertz CT molecular complexity index is 886. The summed E-state index contributed by atoms with van der Waals surface area (Å²) in [6.07, 6.45) is 1.87. The van der Waals surface area contributed by atoms with Crippen molar-refractivity contribution >= 4 is 17.5 Å². The summed E-state index contributed by atoms with van der Waals surface area (Å²) in [5.41, 5.74) is 1.60. The minimum Gasteiger partial charge on any atom is -0.489 e. The highest BCUT2D eigenvalue weighted by Gasteiger charge is 2.20. The van der Waals surface area contributed by atoms with Crippen LogP contribution in [0, 0.1) is 6.92 Å². The molecule has 1 amide bonds. The Hall–Kier alpha value is -2.80. The lowest BCUT2D eigenvalue weighted by atomic mass is 10.2. The summed E-state index contributed by atoms with van der Waals surface area (Å²) in [5.74, 6) is 0.855. The average Bonchev–Trinajstić information content (AvgIpc) is 3.26. The molecule has 0 saturated carbocycles. The summed E-state index contributed by atoms with van der Waals surface area (Å²) in [6, 6.07) is 8.85. The minimum atomic E-state index is -0.331. The van der Waals surface area contributed by atoms with Crippen LogP contribution in [0.4, 0.5) is 0 Å². The largest absolute Gasteiger partial charge is 0.489 e. The van der Waals surface area contributed by atoms with E-state index in [0.29, 0.717) is 28.6 Å². The Kier molecular flexibility index (Phi) is 5.58. The minimum absolute atomic E-state index is 0.171. The van der Waals surface area contributed by atoms with Gasteiger partial charge in [0.2, 0.25) is 0 Å². The zero-order chi connectivity index (χ0) is 18.5. The molecule has 2 aromatic heterocycles. The van der Waals surface area contributed by atoms with E-state index < -0.39 is 0 Å². The number of nitrogens with zero attached hydrogens (tertiary/aromatic N) is 3. The molecule has 0 radical (unpaired) electrons. The van der Waals surface area contributed by atoms with Crippen LogP contribution in [0.15, 0.2) is 41.1 Å². The van der Waals surface area contributed by atoms with Gasteiger partial charge in [-0.1, -0.05) is 16.8 Å². The monoisotopic (exact) mass is 374 g/mol. The molecule has 0 saturated heterocycles. The lowest BCUT2D eigenvalue weighted by Gasteiger charge is -2.07. The van der Waals surface area contributed by atoms with E-state index >= 15 is 0 Å². The highest BCUT2D eigenvalue weighted by Crippen LogP contribution is 2.20. The number of aryl methyl sites for hydroxylation is 2. The van der Waals surface area contributed by atoms with E-state index in [9.17, 15) is 4.79 Å². The van der Waals surface area contributed by atoms with Gasteiger partial charge in [0.1, 0.15) is 18.1 Å². The summed E-state index contributed by atoms with van der Waals surface area (Å²) >= 11 is 5.86. The van der Waals surface area contributed by atoms with Gasteiger partial charge in [0.05, 0.1) is 17.8 Å². The number of hydrogen-bond donors (Lipinski definition) is 1. The SMILES string of the molecule is CCn1ccc(CNC(=O)c2noc(C)c2COc2ccc(Cl)cc2)n1. The summed E-state index contributed by atoms with van der Waals surface area (Å²) < 4.78 is 12.7. The standard InChI is InChI=1S/C18H19ClN4O3/c1-3-23-9-8-14(21-23)10-20-18(24)17-16(12(2)26-22-17)11-25-15-6-4-13(19)5-7-15/h4-9H,3,10-11H2,1-2H3,(H,20,24). The van der Waals surface area contributed by atoms with Crippen LogP contribution in [0.1, 0.15) is 34.4 Å². The Morgan fingerprint density at radius 2 is 2.08 bits per heavy atom. The van der Waals surface area contributed by atoms with Gasteiger partial charge >= 0.3 is 0 Å². The van der Waals surface area contributed by atoms with Gasteiger partial charge in [0.15, 0.2) is 5.69 Å². The molecule has 0 fully saturated rings. The molecule has 0 bridgehead atoms. The van der Waals surface area contributed by atoms with Gasteiger partial charge in [0, 0.05) is 17.8 Å². The first-order valence-corrected chi connectivity index (χ1v) is 8.58. The first kappa shape index (κ1) is 18.0. The molecule has 0 aliphatic heterocycles. The second kappa shape index (κ2) is 8.05. The van der Waals surface area contributed by atoms with Crippen molar-refractivity contribution in [1.82, 2.24) is 20.3 Å². The van der Waals surface area contributed by atoms with Crippen molar-refractivity contribution < 1.29 is 14.1 Å². The van der Waals surface area contributed by atoms with Crippen LogP contribution in [0.2, 0.25) is 5.02 Å². The maximum Gasteiger partial charge on any atom is 0.274 e. The van der Waals surface area contributed by atoms with Crippen molar-refractivity contribution in [1.29, 1.82) is 0 Å². The van der Waals surface area contributed by atoms with Crippen LogP contribution in [0.25, 0.3) is 0 Å². The first-order valence-electron chi connectivity index (χ1n) is 8.21. The third-order valence-corrected chi connectivity index (χ3v) is 4.10. The van der Waals surface area contributed by atoms with E-state index in [-0.39, 0.29) is 18.2 Å². The zero-order valence-electron chi connectivity index (χ0n) is 14.5. The van der Waals surface area contributed by atoms with Crippen molar-refractivity contribution in [2.45, 2.75) is 33.5 Å². The normalized spacial score (nSPS) is 10.7. The molecule has 136 valence electrons. The average molecular weight is 375 g/mol. The highest BCUT2D eigenvalue weighted by molar-refractivity contribution is 6.30. The van der Waals surface area contributed by atoms with E-state index in [2.05, 4.69) is 15.6 Å². The lowest BCUT2D eigenvalue weighted by molar-refractivity contribution is 0.0939. The maximum absolute atomic E-state index is 12.4. The molecule has 7 nitrogen and oxygen atoms in total. The second-order valence-electron chi connectivity index (χ2n) is 5.65. The predicted octanol–water partition coefficient (Wildman–Crippen LogP) is 3.36. The van der Waals surface area contributed by atoms with Crippen molar-refractivity contribution in [3.63, 3.8) is 0 Å². The van der Waals surface area contributed by atoms with E-state index in [4.69, 9.17) is 20.9 Å². The fourth-order valence-electron chi connectivity index (χ4n) is 2.35. The number of amides is 1. The number of carbonyl (C=O) groups excluding carboxylic acids is 1. The molecule has 3 rings (SSSR count). The molecule has 1 aromatic carbocycles. The van der Waals surface area contributed by atoms with E-state index in [1.807, 2.05) is 19.2 Å². The summed E-state index contributed by atoms with van der Waals surface area (Å²) in [5, 5.41) is 11.6. The number of rotatable bonds is 7. The van der Waals surface area contributed by atoms with Crippen molar-refractivity contribution in [3.8, 4) is 5.75 Å². The maximum atomic E-state index is 12.4. The molecule has 0 unspecified atom stereocenters. The molecular formula is C18H19ClN4O3. The smallest absolute Gasteiger partial charge is 0.274 e. The third-order valence-electron chi connectivity index (χ3n) is 3.85. The summed E-state index contributed by atoms with van der Waals surface area (Å²) in [7, 11) is 0. The highest BCUT2D eigenvalue weighted by atomic mass is 35.5. The topological polar surface area (TPSA) is 82.2 Å². The molecular weight excluding hydrogens is 356 g/mol. The molecule has 0 aliphatic carbocycles. The van der Waals surface area contributed by atoms with Crippen molar-refractivity contribution in [2.24, 2.45) is 0 Å². The Morgan fingerprint density at radius 1 is 1.31 bits per heavy atom. The first-order chi connectivity index (χ1) is 12.6. The quantitative estimate of drug-likeness (QED) is 0.685. The second-order valence-corrected chi connectivity index (χ2v) is 6.09. The van der Waals surface area contributed by atoms with Crippen LogP contribution in [0.5, 0.6) is 5.75 Å². The van der Waals surface area contributed by atoms with Crippen LogP contribution in [0.3, 0.4) is 0 Å². The number of hydrogen-bond acceptors (Lipinski definition) is 5. The zero-order valence-corrected chi connectivity index (χ0v) is 15.3. The van der Waals surface area contributed by atoms with E-state index in [1.165, 1.54) is 0 Å². The molecule has 3 aromatic rings. The van der Waals surface area contributed by atoms with Crippen LogP contribution >= 0.6 is 11.6 Å². The molecule has 0 atom stereocenters. The number of benzene rings is 1. The van der Waals surface area contributed by atoms with Crippen LogP contribution in [-0.4, -0.2) is 20.8 Å².